The van der Waals surface area contributed by atoms with Crippen molar-refractivity contribution in [2.24, 2.45) is 23.7 Å². The highest BCUT2D eigenvalue weighted by atomic mass is 16.5. The number of pyridine rings is 2. The Labute approximate surface area is 239 Å². The number of rotatable bonds is 16. The van der Waals surface area contributed by atoms with Gasteiger partial charge in [-0.25, -0.2) is 0 Å². The summed E-state index contributed by atoms with van der Waals surface area (Å²) in [4.78, 5) is 8.58. The van der Waals surface area contributed by atoms with Crippen LogP contribution in [0.5, 0.6) is 11.5 Å². The fourth-order valence-corrected chi connectivity index (χ4v) is 5.82. The van der Waals surface area contributed by atoms with Gasteiger partial charge in [-0.2, -0.15) is 0 Å². The molecule has 4 N–H and O–H groups in total. The number of nitrogens with one attached hydrogen (secondary N) is 2. The van der Waals surface area contributed by atoms with Crippen molar-refractivity contribution in [1.82, 2.24) is 20.6 Å². The van der Waals surface area contributed by atoms with Crippen LogP contribution < -0.4 is 20.1 Å². The minimum absolute atomic E-state index is 0.323. The Bertz CT molecular complexity index is 950. The summed E-state index contributed by atoms with van der Waals surface area (Å²) in [7, 11) is 0. The quantitative estimate of drug-likeness (QED) is 0.250. The third-order valence-electron chi connectivity index (χ3n) is 8.89. The highest BCUT2D eigenvalue weighted by Gasteiger charge is 2.36. The van der Waals surface area contributed by atoms with E-state index in [1.165, 1.54) is 36.8 Å². The number of hydrogen-bond acceptors (Lipinski definition) is 8. The Balaban J connectivity index is 0.000000161. The average Bonchev–Trinajstić information content (AvgIpc) is 3.83. The SMILES string of the molecule is OCCCC1C[C@@H]1Cc1cncc(OC[C@@H]2CCN2)c1.OCCC[C@H]1C[C@H]1Cc1cncc(OC[C@@H]2CCN2)c1. The molecule has 2 saturated heterocycles. The lowest BCUT2D eigenvalue weighted by Gasteiger charge is -2.27. The van der Waals surface area contributed by atoms with Crippen LogP contribution in [0.15, 0.2) is 36.9 Å². The van der Waals surface area contributed by atoms with E-state index < -0.39 is 0 Å². The summed E-state index contributed by atoms with van der Waals surface area (Å²) in [5.74, 6) is 4.98. The minimum atomic E-state index is 0.323. The Kier molecular flexibility index (Phi) is 11.0. The normalized spacial score (nSPS) is 27.9. The Morgan fingerprint density at radius 1 is 0.675 bits per heavy atom. The second-order valence-corrected chi connectivity index (χ2v) is 12.2. The molecule has 8 nitrogen and oxygen atoms in total. The molecule has 0 radical (unpaired) electrons. The van der Waals surface area contributed by atoms with E-state index in [1.54, 1.807) is 12.4 Å². The Morgan fingerprint density at radius 3 is 1.50 bits per heavy atom. The molecule has 6 rings (SSSR count). The summed E-state index contributed by atoms with van der Waals surface area (Å²) in [5.41, 5.74) is 2.56. The Hall–Kier alpha value is -2.26. The highest BCUT2D eigenvalue weighted by Crippen LogP contribution is 2.45. The van der Waals surface area contributed by atoms with Crippen LogP contribution in [0.1, 0.15) is 62.5 Å². The summed E-state index contributed by atoms with van der Waals surface area (Å²) >= 11 is 0. The van der Waals surface area contributed by atoms with Crippen molar-refractivity contribution in [2.45, 2.75) is 76.3 Å². The van der Waals surface area contributed by atoms with Crippen LogP contribution in [0.4, 0.5) is 0 Å². The van der Waals surface area contributed by atoms with Gasteiger partial charge in [-0.05, 0) is 124 Å². The van der Waals surface area contributed by atoms with Gasteiger partial charge < -0.3 is 30.3 Å². The van der Waals surface area contributed by atoms with Crippen molar-refractivity contribution in [3.8, 4) is 11.5 Å². The molecule has 4 heterocycles. The molecule has 40 heavy (non-hydrogen) atoms. The predicted molar refractivity (Wildman–Crippen MR) is 156 cm³/mol. The predicted octanol–water partition coefficient (Wildman–Crippen LogP) is 3.55. The fraction of sp³-hybridized carbons (Fsp3) is 0.688. The molecular weight excluding hydrogens is 504 g/mol. The molecule has 0 spiro atoms. The smallest absolute Gasteiger partial charge is 0.137 e. The summed E-state index contributed by atoms with van der Waals surface area (Å²) in [6.07, 6.45) is 19.0. The molecule has 0 bridgehead atoms. The van der Waals surface area contributed by atoms with Gasteiger partial charge >= 0.3 is 0 Å². The molecule has 220 valence electrons. The van der Waals surface area contributed by atoms with Crippen molar-refractivity contribution in [1.29, 1.82) is 0 Å². The first kappa shape index (κ1) is 29.2. The van der Waals surface area contributed by atoms with Crippen LogP contribution in [0, 0.1) is 23.7 Å². The fourth-order valence-electron chi connectivity index (χ4n) is 5.82. The lowest BCUT2D eigenvalue weighted by Crippen LogP contribution is -2.46. The van der Waals surface area contributed by atoms with E-state index in [2.05, 4.69) is 32.7 Å². The maximum absolute atomic E-state index is 8.85. The van der Waals surface area contributed by atoms with E-state index in [0.717, 1.165) is 100.0 Å². The monoisotopic (exact) mass is 552 g/mol. The molecule has 1 unspecified atom stereocenters. The van der Waals surface area contributed by atoms with E-state index in [-0.39, 0.29) is 0 Å². The number of hydrogen-bond donors (Lipinski definition) is 4. The van der Waals surface area contributed by atoms with Gasteiger partial charge in [-0.3, -0.25) is 9.97 Å². The number of nitrogens with zero attached hydrogens (tertiary/aromatic N) is 2. The summed E-state index contributed by atoms with van der Waals surface area (Å²) in [6, 6.07) is 5.30. The number of ether oxygens (including phenoxy) is 2. The van der Waals surface area contributed by atoms with Gasteiger partial charge in [0.25, 0.3) is 0 Å². The second kappa shape index (κ2) is 15.1. The van der Waals surface area contributed by atoms with Crippen LogP contribution in [-0.4, -0.2) is 71.8 Å². The van der Waals surface area contributed by atoms with E-state index in [9.17, 15) is 0 Å². The molecule has 2 aromatic heterocycles. The van der Waals surface area contributed by atoms with Crippen molar-refractivity contribution >= 4 is 0 Å². The summed E-state index contributed by atoms with van der Waals surface area (Å²) in [5, 5.41) is 24.4. The maximum Gasteiger partial charge on any atom is 0.137 e. The second-order valence-electron chi connectivity index (χ2n) is 12.2. The zero-order valence-corrected chi connectivity index (χ0v) is 23.8. The standard InChI is InChI=1S/2C16H24N2O2/c2*19-5-1-2-13-8-14(13)6-12-7-16(10-17-9-12)20-11-15-3-4-18-15/h2*7,9-10,13-15,18-19H,1-6,8,11H2/t13?,14-,15-;13-,14+,15-/m00/s1. The lowest BCUT2D eigenvalue weighted by atomic mass is 10.1. The molecule has 2 saturated carbocycles. The Morgan fingerprint density at radius 2 is 1.12 bits per heavy atom. The average molecular weight is 553 g/mol. The first-order valence-electron chi connectivity index (χ1n) is 15.5. The van der Waals surface area contributed by atoms with Crippen LogP contribution >= 0.6 is 0 Å². The first-order valence-corrected chi connectivity index (χ1v) is 15.5. The number of aromatic nitrogens is 2. The van der Waals surface area contributed by atoms with E-state index in [4.69, 9.17) is 19.7 Å². The van der Waals surface area contributed by atoms with Gasteiger partial charge in [0.1, 0.15) is 24.7 Å². The molecule has 2 aromatic rings. The van der Waals surface area contributed by atoms with Crippen molar-refractivity contribution in [2.75, 3.05) is 39.5 Å². The van der Waals surface area contributed by atoms with Gasteiger partial charge in [0.2, 0.25) is 0 Å². The van der Waals surface area contributed by atoms with Crippen LogP contribution in [0.3, 0.4) is 0 Å². The molecule has 8 heteroatoms. The molecule has 2 aliphatic heterocycles. The van der Waals surface area contributed by atoms with Crippen LogP contribution in [0.25, 0.3) is 0 Å². The van der Waals surface area contributed by atoms with Gasteiger partial charge in [0.05, 0.1) is 12.4 Å². The molecular formula is C32H48N4O4. The minimum Gasteiger partial charge on any atom is -0.490 e. The molecule has 0 amide bonds. The van der Waals surface area contributed by atoms with E-state index in [0.29, 0.717) is 25.3 Å². The van der Waals surface area contributed by atoms with E-state index in [1.807, 2.05) is 12.4 Å². The third kappa shape index (κ3) is 9.40. The first-order chi connectivity index (χ1) is 19.7. The zero-order chi connectivity index (χ0) is 27.6. The lowest BCUT2D eigenvalue weighted by molar-refractivity contribution is 0.216. The maximum atomic E-state index is 8.85. The van der Waals surface area contributed by atoms with E-state index >= 15 is 0 Å². The van der Waals surface area contributed by atoms with Crippen LogP contribution in [-0.2, 0) is 12.8 Å². The van der Waals surface area contributed by atoms with Gasteiger partial charge in [-0.15, -0.1) is 0 Å². The summed E-state index contributed by atoms with van der Waals surface area (Å²) < 4.78 is 11.6. The number of aliphatic hydroxyl groups is 2. The van der Waals surface area contributed by atoms with Gasteiger partial charge in [-0.1, -0.05) is 0 Å². The van der Waals surface area contributed by atoms with Crippen molar-refractivity contribution in [3.05, 3.63) is 48.0 Å². The molecule has 4 fully saturated rings. The topological polar surface area (TPSA) is 109 Å². The summed E-state index contributed by atoms with van der Waals surface area (Å²) in [6.45, 7) is 4.36. The highest BCUT2D eigenvalue weighted by molar-refractivity contribution is 5.25. The third-order valence-corrected chi connectivity index (χ3v) is 8.89. The molecule has 4 aliphatic rings. The molecule has 6 atom stereocenters. The van der Waals surface area contributed by atoms with Gasteiger partial charge in [0.15, 0.2) is 0 Å². The number of aliphatic hydroxyl groups excluding tert-OH is 2. The largest absolute Gasteiger partial charge is 0.490 e. The van der Waals surface area contributed by atoms with Gasteiger partial charge in [0, 0.05) is 37.7 Å². The molecule has 0 aromatic carbocycles. The van der Waals surface area contributed by atoms with Crippen molar-refractivity contribution < 1.29 is 19.7 Å². The van der Waals surface area contributed by atoms with Crippen LogP contribution in [0.2, 0.25) is 0 Å². The zero-order valence-electron chi connectivity index (χ0n) is 23.8. The van der Waals surface area contributed by atoms with Crippen molar-refractivity contribution in [3.63, 3.8) is 0 Å². The molecule has 2 aliphatic carbocycles.